The van der Waals surface area contributed by atoms with E-state index in [4.69, 9.17) is 0 Å². The first-order valence-corrected chi connectivity index (χ1v) is 10.2. The molecule has 2 aliphatic heterocycles. The molecule has 0 saturated carbocycles. The molecule has 0 atom stereocenters. The number of hydrogen-bond donors (Lipinski definition) is 2. The molecule has 2 aromatic carbocycles. The number of benzene rings is 2. The van der Waals surface area contributed by atoms with Crippen LogP contribution in [0.25, 0.3) is 11.0 Å². The van der Waals surface area contributed by atoms with Gasteiger partial charge in [-0.1, -0.05) is 24.3 Å². The SMILES string of the molecule is O=C1CC2(CCN(Cc3ccc4nccnc4c3)CC2)Nc2ccccc2CN1. The summed E-state index contributed by atoms with van der Waals surface area (Å²) in [5, 5.41) is 6.82. The summed E-state index contributed by atoms with van der Waals surface area (Å²) < 4.78 is 0. The molecule has 29 heavy (non-hydrogen) atoms. The minimum atomic E-state index is -0.175. The van der Waals surface area contributed by atoms with Crippen molar-refractivity contribution in [3.05, 3.63) is 66.0 Å². The standard InChI is InChI=1S/C23H25N5O/c29-22-14-23(27-19-4-2-1-3-18(19)15-26-22)7-11-28(12-8-23)16-17-5-6-20-21(13-17)25-10-9-24-20/h1-6,9-10,13,27H,7-8,11-12,14-16H2,(H,26,29). The molecule has 3 heterocycles. The third kappa shape index (κ3) is 3.80. The van der Waals surface area contributed by atoms with E-state index in [-0.39, 0.29) is 11.4 Å². The number of piperidine rings is 1. The summed E-state index contributed by atoms with van der Waals surface area (Å²) in [6.07, 6.45) is 5.88. The van der Waals surface area contributed by atoms with Gasteiger partial charge >= 0.3 is 0 Å². The molecule has 6 nitrogen and oxygen atoms in total. The molecule has 2 aliphatic rings. The summed E-state index contributed by atoms with van der Waals surface area (Å²) in [5.41, 5.74) is 5.24. The van der Waals surface area contributed by atoms with Crippen LogP contribution in [0.1, 0.15) is 30.4 Å². The van der Waals surface area contributed by atoms with E-state index in [0.29, 0.717) is 13.0 Å². The number of likely N-dealkylation sites (tertiary alicyclic amines) is 1. The van der Waals surface area contributed by atoms with E-state index >= 15 is 0 Å². The van der Waals surface area contributed by atoms with Crippen molar-refractivity contribution in [3.63, 3.8) is 0 Å². The van der Waals surface area contributed by atoms with Gasteiger partial charge in [-0.05, 0) is 42.2 Å². The van der Waals surface area contributed by atoms with Crippen LogP contribution in [-0.2, 0) is 17.9 Å². The van der Waals surface area contributed by atoms with Crippen molar-refractivity contribution in [1.82, 2.24) is 20.2 Å². The maximum absolute atomic E-state index is 12.4. The fourth-order valence-electron chi connectivity index (χ4n) is 4.50. The molecule has 3 aromatic rings. The van der Waals surface area contributed by atoms with Crippen LogP contribution < -0.4 is 10.6 Å². The number of para-hydroxylation sites is 1. The number of fused-ring (bicyclic) bond motifs is 2. The first-order chi connectivity index (χ1) is 14.2. The summed E-state index contributed by atoms with van der Waals surface area (Å²) in [6, 6.07) is 14.6. The van der Waals surface area contributed by atoms with Crippen molar-refractivity contribution < 1.29 is 4.79 Å². The van der Waals surface area contributed by atoms with Gasteiger partial charge in [0.1, 0.15) is 0 Å². The Morgan fingerprint density at radius 3 is 2.66 bits per heavy atom. The second-order valence-electron chi connectivity index (χ2n) is 8.17. The number of hydrogen-bond acceptors (Lipinski definition) is 5. The summed E-state index contributed by atoms with van der Waals surface area (Å²) in [6.45, 7) is 3.41. The lowest BCUT2D eigenvalue weighted by molar-refractivity contribution is -0.122. The molecule has 0 unspecified atom stereocenters. The molecule has 1 spiro atoms. The lowest BCUT2D eigenvalue weighted by Crippen LogP contribution is -2.52. The number of nitrogens with one attached hydrogen (secondary N) is 2. The highest BCUT2D eigenvalue weighted by Gasteiger charge is 2.37. The van der Waals surface area contributed by atoms with Gasteiger partial charge in [-0.25, -0.2) is 0 Å². The molecule has 148 valence electrons. The molecule has 1 fully saturated rings. The molecule has 5 rings (SSSR count). The van der Waals surface area contributed by atoms with Crippen LogP contribution in [0.3, 0.4) is 0 Å². The first-order valence-electron chi connectivity index (χ1n) is 10.2. The molecule has 1 saturated heterocycles. The van der Waals surface area contributed by atoms with Gasteiger partial charge < -0.3 is 10.6 Å². The van der Waals surface area contributed by atoms with Crippen molar-refractivity contribution in [2.24, 2.45) is 0 Å². The Hall–Kier alpha value is -2.99. The van der Waals surface area contributed by atoms with Crippen LogP contribution >= 0.6 is 0 Å². The lowest BCUT2D eigenvalue weighted by Gasteiger charge is -2.44. The van der Waals surface area contributed by atoms with Gasteiger partial charge in [-0.2, -0.15) is 0 Å². The predicted octanol–water partition coefficient (Wildman–Crippen LogP) is 3.10. The van der Waals surface area contributed by atoms with Crippen molar-refractivity contribution in [2.75, 3.05) is 18.4 Å². The Bertz CT molecular complexity index is 1040. The number of rotatable bonds is 2. The molecular weight excluding hydrogens is 362 g/mol. The molecule has 0 aliphatic carbocycles. The lowest BCUT2D eigenvalue weighted by atomic mass is 9.82. The van der Waals surface area contributed by atoms with Gasteiger partial charge in [0.15, 0.2) is 0 Å². The monoisotopic (exact) mass is 387 g/mol. The number of anilines is 1. The van der Waals surface area contributed by atoms with Crippen molar-refractivity contribution in [3.8, 4) is 0 Å². The molecular formula is C23H25N5O. The zero-order chi connectivity index (χ0) is 19.7. The third-order valence-electron chi connectivity index (χ3n) is 6.15. The van der Waals surface area contributed by atoms with E-state index in [1.807, 2.05) is 12.1 Å². The first kappa shape index (κ1) is 18.1. The number of carbonyl (C=O) groups excluding carboxylic acids is 1. The van der Waals surface area contributed by atoms with E-state index in [0.717, 1.165) is 54.8 Å². The second-order valence-corrected chi connectivity index (χ2v) is 8.17. The number of carbonyl (C=O) groups is 1. The Morgan fingerprint density at radius 1 is 1.00 bits per heavy atom. The van der Waals surface area contributed by atoms with E-state index < -0.39 is 0 Å². The van der Waals surface area contributed by atoms with Crippen LogP contribution in [0.4, 0.5) is 5.69 Å². The van der Waals surface area contributed by atoms with Crippen molar-refractivity contribution >= 4 is 22.6 Å². The molecule has 0 bridgehead atoms. The van der Waals surface area contributed by atoms with E-state index in [1.54, 1.807) is 12.4 Å². The van der Waals surface area contributed by atoms with Crippen LogP contribution in [0.15, 0.2) is 54.9 Å². The molecule has 0 radical (unpaired) electrons. The average Bonchev–Trinajstić information content (AvgIpc) is 2.74. The number of aromatic nitrogens is 2. The maximum Gasteiger partial charge on any atom is 0.222 e. The van der Waals surface area contributed by atoms with Gasteiger partial charge in [-0.15, -0.1) is 0 Å². The summed E-state index contributed by atoms with van der Waals surface area (Å²) in [4.78, 5) is 23.7. The fraction of sp³-hybridized carbons (Fsp3) is 0.348. The second kappa shape index (κ2) is 7.44. The highest BCUT2D eigenvalue weighted by molar-refractivity contribution is 5.79. The maximum atomic E-state index is 12.4. The summed E-state index contributed by atoms with van der Waals surface area (Å²) in [7, 11) is 0. The van der Waals surface area contributed by atoms with Crippen molar-refractivity contribution in [1.29, 1.82) is 0 Å². The van der Waals surface area contributed by atoms with Gasteiger partial charge in [0.05, 0.1) is 11.0 Å². The zero-order valence-electron chi connectivity index (χ0n) is 16.4. The smallest absolute Gasteiger partial charge is 0.222 e. The van der Waals surface area contributed by atoms with E-state index in [9.17, 15) is 4.79 Å². The summed E-state index contributed by atoms with van der Waals surface area (Å²) in [5.74, 6) is 0.133. The minimum Gasteiger partial charge on any atom is -0.379 e. The average molecular weight is 387 g/mol. The summed E-state index contributed by atoms with van der Waals surface area (Å²) >= 11 is 0. The van der Waals surface area contributed by atoms with Crippen LogP contribution in [0.2, 0.25) is 0 Å². The molecule has 1 amide bonds. The van der Waals surface area contributed by atoms with Crippen molar-refractivity contribution in [2.45, 2.75) is 37.9 Å². The van der Waals surface area contributed by atoms with Gasteiger partial charge in [-0.3, -0.25) is 19.7 Å². The minimum absolute atomic E-state index is 0.133. The largest absolute Gasteiger partial charge is 0.379 e. The quantitative estimate of drug-likeness (QED) is 0.707. The van der Waals surface area contributed by atoms with E-state index in [2.05, 4.69) is 55.8 Å². The number of amides is 1. The highest BCUT2D eigenvalue weighted by atomic mass is 16.1. The number of nitrogens with zero attached hydrogens (tertiary/aromatic N) is 3. The normalized spacial score (nSPS) is 19.1. The third-order valence-corrected chi connectivity index (χ3v) is 6.15. The van der Waals surface area contributed by atoms with E-state index in [1.165, 1.54) is 5.56 Å². The Balaban J connectivity index is 1.30. The van der Waals surface area contributed by atoms with Crippen LogP contribution in [0, 0.1) is 0 Å². The molecule has 1 aromatic heterocycles. The van der Waals surface area contributed by atoms with Crippen LogP contribution in [-0.4, -0.2) is 39.4 Å². The van der Waals surface area contributed by atoms with Gasteiger partial charge in [0.2, 0.25) is 5.91 Å². The highest BCUT2D eigenvalue weighted by Crippen LogP contribution is 2.33. The Kier molecular flexibility index (Phi) is 4.64. The molecule has 6 heteroatoms. The predicted molar refractivity (Wildman–Crippen MR) is 113 cm³/mol. The fourth-order valence-corrected chi connectivity index (χ4v) is 4.50. The molecule has 2 N–H and O–H groups in total. The van der Waals surface area contributed by atoms with Crippen LogP contribution in [0.5, 0.6) is 0 Å². The van der Waals surface area contributed by atoms with Gasteiger partial charge in [0.25, 0.3) is 0 Å². The Morgan fingerprint density at radius 2 is 1.79 bits per heavy atom. The zero-order valence-corrected chi connectivity index (χ0v) is 16.4. The van der Waals surface area contributed by atoms with Gasteiger partial charge in [0, 0.05) is 56.2 Å². The topological polar surface area (TPSA) is 70.2 Å². The Labute approximate surface area is 170 Å².